The normalized spacial score (nSPS) is 10.1. The van der Waals surface area contributed by atoms with Gasteiger partial charge in [-0.25, -0.2) is 4.98 Å². The number of methoxy groups -OCH3 is 1. The smallest absolute Gasteiger partial charge is 0.305 e. The van der Waals surface area contributed by atoms with Gasteiger partial charge in [-0.2, -0.15) is 0 Å². The predicted molar refractivity (Wildman–Crippen MR) is 69.6 cm³/mol. The van der Waals surface area contributed by atoms with Gasteiger partial charge in [0.05, 0.1) is 13.7 Å². The third-order valence-corrected chi connectivity index (χ3v) is 2.66. The fourth-order valence-corrected chi connectivity index (χ4v) is 1.69. The van der Waals surface area contributed by atoms with Crippen molar-refractivity contribution in [2.75, 3.05) is 13.7 Å². The highest BCUT2D eigenvalue weighted by molar-refractivity contribution is 5.69. The lowest BCUT2D eigenvalue weighted by molar-refractivity contribution is -0.143. The minimum atomic E-state index is -0.0939. The molecular formula is C14H21NO3. The highest BCUT2D eigenvalue weighted by Gasteiger charge is 2.01. The monoisotopic (exact) mass is 251 g/mol. The molecule has 1 rings (SSSR count). The lowest BCUT2D eigenvalue weighted by atomic mass is 10.1. The van der Waals surface area contributed by atoms with Crippen LogP contribution in [-0.2, 0) is 16.0 Å². The zero-order chi connectivity index (χ0) is 13.2. The van der Waals surface area contributed by atoms with E-state index in [0.717, 1.165) is 25.7 Å². The maximum absolute atomic E-state index is 11.1. The number of nitrogens with zero attached hydrogens (tertiary/aromatic N) is 1. The topological polar surface area (TPSA) is 48.4 Å². The maximum Gasteiger partial charge on any atom is 0.305 e. The largest absolute Gasteiger partial charge is 0.481 e. The van der Waals surface area contributed by atoms with Gasteiger partial charge in [-0.05, 0) is 31.7 Å². The molecular weight excluding hydrogens is 230 g/mol. The van der Waals surface area contributed by atoms with Gasteiger partial charge >= 0.3 is 5.97 Å². The van der Waals surface area contributed by atoms with Crippen LogP contribution in [-0.4, -0.2) is 24.7 Å². The minimum absolute atomic E-state index is 0.0939. The molecule has 1 aromatic rings. The SMILES string of the molecule is CCOC(=O)CCCCCc1ccc(OC)nc1. The van der Waals surface area contributed by atoms with Crippen LogP contribution in [0.25, 0.3) is 0 Å². The summed E-state index contributed by atoms with van der Waals surface area (Å²) in [6, 6.07) is 3.89. The summed E-state index contributed by atoms with van der Waals surface area (Å²) >= 11 is 0. The second-order valence-electron chi connectivity index (χ2n) is 4.07. The standard InChI is InChI=1S/C14H21NO3/c1-3-18-14(16)8-6-4-5-7-12-9-10-13(17-2)15-11-12/h9-11H,3-8H2,1-2H3. The quantitative estimate of drug-likeness (QED) is 0.526. The molecule has 0 unspecified atom stereocenters. The Labute approximate surface area is 108 Å². The van der Waals surface area contributed by atoms with Crippen LogP contribution < -0.4 is 4.74 Å². The highest BCUT2D eigenvalue weighted by Crippen LogP contribution is 2.11. The Morgan fingerprint density at radius 3 is 2.72 bits per heavy atom. The van der Waals surface area contributed by atoms with E-state index in [4.69, 9.17) is 9.47 Å². The van der Waals surface area contributed by atoms with Crippen molar-refractivity contribution in [2.45, 2.75) is 39.0 Å². The fraction of sp³-hybridized carbons (Fsp3) is 0.571. The van der Waals surface area contributed by atoms with E-state index >= 15 is 0 Å². The molecule has 0 amide bonds. The Hall–Kier alpha value is -1.58. The highest BCUT2D eigenvalue weighted by atomic mass is 16.5. The Morgan fingerprint density at radius 2 is 2.11 bits per heavy atom. The van der Waals surface area contributed by atoms with Crippen LogP contribution in [0, 0.1) is 0 Å². The van der Waals surface area contributed by atoms with Crippen LogP contribution in [0.4, 0.5) is 0 Å². The second kappa shape index (κ2) is 8.50. The number of hydrogen-bond donors (Lipinski definition) is 0. The van der Waals surface area contributed by atoms with E-state index in [-0.39, 0.29) is 5.97 Å². The number of hydrogen-bond acceptors (Lipinski definition) is 4. The van der Waals surface area contributed by atoms with Crippen molar-refractivity contribution < 1.29 is 14.3 Å². The summed E-state index contributed by atoms with van der Waals surface area (Å²) in [7, 11) is 1.61. The number of unbranched alkanes of at least 4 members (excludes halogenated alkanes) is 2. The van der Waals surface area contributed by atoms with Crippen LogP contribution in [0.2, 0.25) is 0 Å². The average Bonchev–Trinajstić information content (AvgIpc) is 2.39. The van der Waals surface area contributed by atoms with E-state index in [1.165, 1.54) is 5.56 Å². The number of carbonyl (C=O) groups is 1. The average molecular weight is 251 g/mol. The van der Waals surface area contributed by atoms with Gasteiger partial charge in [0.25, 0.3) is 0 Å². The number of ether oxygens (including phenoxy) is 2. The first kappa shape index (κ1) is 14.5. The summed E-state index contributed by atoms with van der Waals surface area (Å²) in [5.41, 5.74) is 1.20. The molecule has 0 radical (unpaired) electrons. The molecule has 0 atom stereocenters. The van der Waals surface area contributed by atoms with Crippen LogP contribution in [0.15, 0.2) is 18.3 Å². The Kier molecular flexibility index (Phi) is 6.84. The van der Waals surface area contributed by atoms with Crippen molar-refractivity contribution in [3.63, 3.8) is 0 Å². The second-order valence-corrected chi connectivity index (χ2v) is 4.07. The molecule has 100 valence electrons. The molecule has 1 aromatic heterocycles. The van der Waals surface area contributed by atoms with Gasteiger partial charge in [-0.15, -0.1) is 0 Å². The van der Waals surface area contributed by atoms with Crippen molar-refractivity contribution >= 4 is 5.97 Å². The zero-order valence-electron chi connectivity index (χ0n) is 11.1. The Bertz CT molecular complexity index is 349. The third kappa shape index (κ3) is 5.66. The molecule has 0 spiro atoms. The van der Waals surface area contributed by atoms with E-state index < -0.39 is 0 Å². The van der Waals surface area contributed by atoms with E-state index in [1.807, 2.05) is 25.3 Å². The first-order valence-corrected chi connectivity index (χ1v) is 6.40. The van der Waals surface area contributed by atoms with Gasteiger partial charge in [-0.1, -0.05) is 12.5 Å². The summed E-state index contributed by atoms with van der Waals surface area (Å²) in [6.45, 7) is 2.30. The predicted octanol–water partition coefficient (Wildman–Crippen LogP) is 2.76. The number of pyridine rings is 1. The van der Waals surface area contributed by atoms with Gasteiger partial charge in [0.2, 0.25) is 5.88 Å². The molecule has 0 bridgehead atoms. The first-order valence-electron chi connectivity index (χ1n) is 6.40. The number of carbonyl (C=O) groups excluding carboxylic acids is 1. The summed E-state index contributed by atoms with van der Waals surface area (Å²) < 4.78 is 9.87. The molecule has 4 heteroatoms. The van der Waals surface area contributed by atoms with Crippen molar-refractivity contribution in [3.8, 4) is 5.88 Å². The molecule has 4 nitrogen and oxygen atoms in total. The molecule has 0 aliphatic heterocycles. The third-order valence-electron chi connectivity index (χ3n) is 2.66. The van der Waals surface area contributed by atoms with E-state index in [9.17, 15) is 4.79 Å². The summed E-state index contributed by atoms with van der Waals surface area (Å²) in [5, 5.41) is 0. The van der Waals surface area contributed by atoms with Gasteiger partial charge in [-0.3, -0.25) is 4.79 Å². The number of aromatic nitrogens is 1. The van der Waals surface area contributed by atoms with Crippen LogP contribution in [0.3, 0.4) is 0 Å². The first-order chi connectivity index (χ1) is 8.76. The summed E-state index contributed by atoms with van der Waals surface area (Å²) in [5.74, 6) is 0.546. The molecule has 0 N–H and O–H groups in total. The molecule has 0 saturated heterocycles. The molecule has 1 heterocycles. The molecule has 0 saturated carbocycles. The van der Waals surface area contributed by atoms with Crippen molar-refractivity contribution in [3.05, 3.63) is 23.9 Å². The van der Waals surface area contributed by atoms with Crippen molar-refractivity contribution in [1.82, 2.24) is 4.98 Å². The van der Waals surface area contributed by atoms with Gasteiger partial charge in [0.15, 0.2) is 0 Å². The van der Waals surface area contributed by atoms with Crippen molar-refractivity contribution in [1.29, 1.82) is 0 Å². The number of rotatable bonds is 8. The minimum Gasteiger partial charge on any atom is -0.481 e. The summed E-state index contributed by atoms with van der Waals surface area (Å²) in [4.78, 5) is 15.3. The number of aryl methyl sites for hydroxylation is 1. The maximum atomic E-state index is 11.1. The van der Waals surface area contributed by atoms with E-state index in [1.54, 1.807) is 7.11 Å². The van der Waals surface area contributed by atoms with Crippen molar-refractivity contribution in [2.24, 2.45) is 0 Å². The zero-order valence-corrected chi connectivity index (χ0v) is 11.1. The van der Waals surface area contributed by atoms with Gasteiger partial charge in [0, 0.05) is 18.7 Å². The number of esters is 1. The lowest BCUT2D eigenvalue weighted by Crippen LogP contribution is -2.03. The van der Waals surface area contributed by atoms with Gasteiger partial charge in [0.1, 0.15) is 0 Å². The van der Waals surface area contributed by atoms with E-state index in [0.29, 0.717) is 18.9 Å². The Balaban J connectivity index is 2.12. The van der Waals surface area contributed by atoms with E-state index in [2.05, 4.69) is 4.98 Å². The molecule has 0 aliphatic carbocycles. The molecule has 18 heavy (non-hydrogen) atoms. The Morgan fingerprint density at radius 1 is 1.28 bits per heavy atom. The molecule has 0 aromatic carbocycles. The lowest BCUT2D eigenvalue weighted by Gasteiger charge is -2.03. The molecule has 0 fully saturated rings. The van der Waals surface area contributed by atoms with Crippen LogP contribution >= 0.6 is 0 Å². The fourth-order valence-electron chi connectivity index (χ4n) is 1.69. The van der Waals surface area contributed by atoms with Gasteiger partial charge < -0.3 is 9.47 Å². The van der Waals surface area contributed by atoms with Crippen LogP contribution in [0.1, 0.15) is 38.2 Å². The van der Waals surface area contributed by atoms with Crippen LogP contribution in [0.5, 0.6) is 5.88 Å². The summed E-state index contributed by atoms with van der Waals surface area (Å²) in [6.07, 6.45) is 6.33. The molecule has 0 aliphatic rings.